The van der Waals surface area contributed by atoms with Crippen molar-refractivity contribution in [3.05, 3.63) is 24.3 Å². The molecule has 16 heavy (non-hydrogen) atoms. The zero-order valence-corrected chi connectivity index (χ0v) is 10.9. The molecule has 0 radical (unpaired) electrons. The average Bonchev–Trinajstić information content (AvgIpc) is 2.58. The Balaban J connectivity index is 2.08. The number of allylic oxidation sites excluding steroid dienone is 4. The summed E-state index contributed by atoms with van der Waals surface area (Å²) in [5, 5.41) is 0. The summed E-state index contributed by atoms with van der Waals surface area (Å²) < 4.78 is 0. The van der Waals surface area contributed by atoms with Gasteiger partial charge in [0, 0.05) is 0 Å². The summed E-state index contributed by atoms with van der Waals surface area (Å²) in [6.45, 7) is 4.88. The highest BCUT2D eigenvalue weighted by atomic mass is 14.4. The topological polar surface area (TPSA) is 0 Å². The number of rotatable bonds is 1. The first-order valence-electron chi connectivity index (χ1n) is 7.03. The van der Waals surface area contributed by atoms with Gasteiger partial charge in [-0.3, -0.25) is 0 Å². The Bertz CT molecular complexity index is 260. The Labute approximate surface area is 101 Å². The van der Waals surface area contributed by atoms with E-state index in [4.69, 9.17) is 0 Å². The summed E-state index contributed by atoms with van der Waals surface area (Å²) in [5.74, 6) is 1.86. The Morgan fingerprint density at radius 1 is 0.875 bits per heavy atom. The molecule has 2 aliphatic rings. The van der Waals surface area contributed by atoms with Crippen molar-refractivity contribution in [3.8, 4) is 0 Å². The van der Waals surface area contributed by atoms with Crippen LogP contribution in [0.3, 0.4) is 0 Å². The molecule has 0 aliphatic heterocycles. The van der Waals surface area contributed by atoms with E-state index in [1.165, 1.54) is 44.9 Å². The highest BCUT2D eigenvalue weighted by Gasteiger charge is 2.33. The molecule has 0 saturated carbocycles. The van der Waals surface area contributed by atoms with E-state index >= 15 is 0 Å². The van der Waals surface area contributed by atoms with Gasteiger partial charge < -0.3 is 0 Å². The first-order valence-corrected chi connectivity index (χ1v) is 7.03. The lowest BCUT2D eigenvalue weighted by atomic mass is 9.68. The molecular weight excluding hydrogens is 192 g/mol. The second kappa shape index (κ2) is 5.21. The van der Waals surface area contributed by atoms with Crippen LogP contribution in [0.1, 0.15) is 58.8 Å². The molecular formula is C16H26. The summed E-state index contributed by atoms with van der Waals surface area (Å²) >= 11 is 0. The first-order chi connectivity index (χ1) is 7.70. The second-order valence-corrected chi connectivity index (χ2v) is 6.15. The lowest BCUT2D eigenvalue weighted by Gasteiger charge is -2.37. The highest BCUT2D eigenvalue weighted by Crippen LogP contribution is 2.43. The van der Waals surface area contributed by atoms with Crippen LogP contribution in [0.15, 0.2) is 24.3 Å². The fraction of sp³-hybridized carbons (Fsp3) is 0.750. The smallest absolute Gasteiger partial charge is 0.0144 e. The van der Waals surface area contributed by atoms with E-state index in [9.17, 15) is 0 Å². The van der Waals surface area contributed by atoms with Gasteiger partial charge in [-0.25, -0.2) is 0 Å². The van der Waals surface area contributed by atoms with E-state index in [1.807, 2.05) is 0 Å². The van der Waals surface area contributed by atoms with Crippen LogP contribution in [0.25, 0.3) is 0 Å². The summed E-state index contributed by atoms with van der Waals surface area (Å²) in [7, 11) is 0. The minimum absolute atomic E-state index is 0.422. The molecule has 0 aromatic carbocycles. The summed E-state index contributed by atoms with van der Waals surface area (Å²) in [5.41, 5.74) is 0.422. The van der Waals surface area contributed by atoms with Gasteiger partial charge in [-0.2, -0.15) is 0 Å². The zero-order valence-electron chi connectivity index (χ0n) is 10.9. The molecule has 1 unspecified atom stereocenters. The van der Waals surface area contributed by atoms with Crippen molar-refractivity contribution < 1.29 is 0 Å². The number of hydrogen-bond donors (Lipinski definition) is 0. The third-order valence-corrected chi connectivity index (χ3v) is 4.53. The zero-order chi connectivity index (χ0) is 11.4. The van der Waals surface area contributed by atoms with Crippen LogP contribution >= 0.6 is 0 Å². The first kappa shape index (κ1) is 12.0. The molecule has 2 rings (SSSR count). The van der Waals surface area contributed by atoms with Gasteiger partial charge in [0.15, 0.2) is 0 Å². The maximum absolute atomic E-state index is 2.49. The van der Waals surface area contributed by atoms with E-state index in [0.29, 0.717) is 5.41 Å². The minimum Gasteiger partial charge on any atom is -0.0885 e. The van der Waals surface area contributed by atoms with Crippen molar-refractivity contribution in [1.29, 1.82) is 0 Å². The van der Waals surface area contributed by atoms with Gasteiger partial charge in [0.25, 0.3) is 0 Å². The molecule has 0 N–H and O–H groups in total. The average molecular weight is 218 g/mol. The van der Waals surface area contributed by atoms with Crippen molar-refractivity contribution in [2.75, 3.05) is 0 Å². The van der Waals surface area contributed by atoms with E-state index in [0.717, 1.165) is 11.8 Å². The maximum Gasteiger partial charge on any atom is -0.0144 e. The van der Waals surface area contributed by atoms with E-state index < -0.39 is 0 Å². The third kappa shape index (κ3) is 2.78. The second-order valence-electron chi connectivity index (χ2n) is 6.15. The maximum atomic E-state index is 2.49. The van der Waals surface area contributed by atoms with Crippen molar-refractivity contribution in [2.45, 2.75) is 58.8 Å². The predicted molar refractivity (Wildman–Crippen MR) is 71.4 cm³/mol. The quantitative estimate of drug-likeness (QED) is 0.536. The van der Waals surface area contributed by atoms with E-state index in [1.54, 1.807) is 0 Å². The fourth-order valence-electron chi connectivity index (χ4n) is 3.58. The van der Waals surface area contributed by atoms with Crippen LogP contribution in [0, 0.1) is 17.3 Å². The van der Waals surface area contributed by atoms with E-state index in [2.05, 4.69) is 38.2 Å². The Morgan fingerprint density at radius 2 is 1.56 bits per heavy atom. The Hall–Kier alpha value is -0.520. The summed E-state index contributed by atoms with van der Waals surface area (Å²) in [4.78, 5) is 0. The summed E-state index contributed by atoms with van der Waals surface area (Å²) in [6.07, 6.45) is 19.2. The minimum atomic E-state index is 0.422. The van der Waals surface area contributed by atoms with Gasteiger partial charge >= 0.3 is 0 Å². The molecule has 0 aromatic heterocycles. The van der Waals surface area contributed by atoms with Gasteiger partial charge in [0.05, 0.1) is 0 Å². The molecule has 0 saturated heterocycles. The molecule has 0 nitrogen and oxygen atoms in total. The van der Waals surface area contributed by atoms with Crippen molar-refractivity contribution >= 4 is 0 Å². The Kier molecular flexibility index (Phi) is 3.89. The van der Waals surface area contributed by atoms with Gasteiger partial charge in [-0.05, 0) is 62.2 Å². The van der Waals surface area contributed by atoms with E-state index in [-0.39, 0.29) is 0 Å². The fourth-order valence-corrected chi connectivity index (χ4v) is 3.58. The van der Waals surface area contributed by atoms with Gasteiger partial charge in [0.2, 0.25) is 0 Å². The Morgan fingerprint density at radius 3 is 2.25 bits per heavy atom. The molecule has 0 bridgehead atoms. The van der Waals surface area contributed by atoms with Crippen LogP contribution in [0.2, 0.25) is 0 Å². The molecule has 1 atom stereocenters. The summed E-state index contributed by atoms with van der Waals surface area (Å²) in [6, 6.07) is 0. The highest BCUT2D eigenvalue weighted by molar-refractivity contribution is 5.03. The third-order valence-electron chi connectivity index (χ3n) is 4.53. The van der Waals surface area contributed by atoms with Crippen LogP contribution < -0.4 is 0 Å². The normalized spacial score (nSPS) is 31.0. The molecule has 2 aliphatic carbocycles. The van der Waals surface area contributed by atoms with Crippen molar-refractivity contribution in [3.63, 3.8) is 0 Å². The molecule has 0 heteroatoms. The van der Waals surface area contributed by atoms with Gasteiger partial charge in [-0.15, -0.1) is 0 Å². The van der Waals surface area contributed by atoms with Crippen molar-refractivity contribution in [1.82, 2.24) is 0 Å². The lowest BCUT2D eigenvalue weighted by molar-refractivity contribution is 0.161. The molecule has 0 amide bonds. The molecule has 90 valence electrons. The molecule has 0 fully saturated rings. The van der Waals surface area contributed by atoms with Crippen molar-refractivity contribution in [2.24, 2.45) is 17.3 Å². The lowest BCUT2D eigenvalue weighted by Crippen LogP contribution is -2.28. The number of hydrogen-bond acceptors (Lipinski definition) is 0. The van der Waals surface area contributed by atoms with Gasteiger partial charge in [-0.1, -0.05) is 38.2 Å². The predicted octanol–water partition coefficient (Wildman–Crippen LogP) is 5.12. The van der Waals surface area contributed by atoms with Crippen LogP contribution in [0.5, 0.6) is 0 Å². The van der Waals surface area contributed by atoms with Gasteiger partial charge in [0.1, 0.15) is 0 Å². The van der Waals surface area contributed by atoms with Crippen LogP contribution in [-0.2, 0) is 0 Å². The molecule has 0 spiro atoms. The molecule has 0 heterocycles. The van der Waals surface area contributed by atoms with Crippen LogP contribution in [-0.4, -0.2) is 0 Å². The molecule has 0 aromatic rings. The standard InChI is InChI=1S/C16H26/c1-16(2)13-9-5-8-12-15(16)14-10-6-3-4-7-11-14/h3-4,9,13-15H,5-8,10-12H2,1-2H3. The van der Waals surface area contributed by atoms with Crippen LogP contribution in [0.4, 0.5) is 0 Å². The SMILES string of the molecule is CC1(C)C=CCCCC1C1CCC=CCC1. The largest absolute Gasteiger partial charge is 0.0885 e. The monoisotopic (exact) mass is 218 g/mol.